The van der Waals surface area contributed by atoms with Crippen molar-refractivity contribution in [3.05, 3.63) is 30.3 Å². The molecule has 1 aliphatic rings. The molecule has 2 rings (SSSR count). The molecule has 0 radical (unpaired) electrons. The molecule has 0 saturated carbocycles. The maximum atomic E-state index is 12.0. The summed E-state index contributed by atoms with van der Waals surface area (Å²) < 4.78 is 9.73. The number of hydrazone groups is 1. The van der Waals surface area contributed by atoms with E-state index in [1.807, 2.05) is 6.07 Å². The molecule has 8 nitrogen and oxygen atoms in total. The van der Waals surface area contributed by atoms with Gasteiger partial charge in [0.15, 0.2) is 6.61 Å². The summed E-state index contributed by atoms with van der Waals surface area (Å²) in [6.45, 7) is 0.311. The third-order valence-corrected chi connectivity index (χ3v) is 3.23. The summed E-state index contributed by atoms with van der Waals surface area (Å²) in [5.41, 5.74) is 0.688. The number of carbonyl (C=O) groups excluding carboxylic acids is 3. The van der Waals surface area contributed by atoms with Gasteiger partial charge in [0.1, 0.15) is 5.71 Å². The normalized spacial score (nSPS) is 14.1. The average Bonchev–Trinajstić information content (AvgIpc) is 2.61. The van der Waals surface area contributed by atoms with Crippen LogP contribution in [0.2, 0.25) is 0 Å². The second-order valence-electron chi connectivity index (χ2n) is 5.01. The second-order valence-corrected chi connectivity index (χ2v) is 5.01. The van der Waals surface area contributed by atoms with Gasteiger partial charge in [0.2, 0.25) is 5.91 Å². The highest BCUT2D eigenvalue weighted by Crippen LogP contribution is 2.19. The van der Waals surface area contributed by atoms with E-state index >= 15 is 0 Å². The molecule has 0 atom stereocenters. The summed E-state index contributed by atoms with van der Waals surface area (Å²) in [5, 5.41) is 7.78. The van der Waals surface area contributed by atoms with E-state index in [0.717, 1.165) is 0 Å². The van der Waals surface area contributed by atoms with Crippen LogP contribution in [0.25, 0.3) is 0 Å². The van der Waals surface area contributed by atoms with Crippen LogP contribution in [0.4, 0.5) is 5.69 Å². The fourth-order valence-corrected chi connectivity index (χ4v) is 2.03. The van der Waals surface area contributed by atoms with Gasteiger partial charge in [-0.3, -0.25) is 9.59 Å². The number of nitrogens with one attached hydrogen (secondary N) is 1. The Morgan fingerprint density at radius 3 is 2.71 bits per heavy atom. The van der Waals surface area contributed by atoms with Crippen LogP contribution in [0.1, 0.15) is 12.8 Å². The lowest BCUT2D eigenvalue weighted by atomic mass is 10.1. The smallest absolute Gasteiger partial charge is 0.355 e. The minimum absolute atomic E-state index is 0.114. The minimum Gasteiger partial charge on any atom is -0.451 e. The number of methoxy groups -OCH3 is 1. The standard InChI is InChI=1S/C16H19N3O5/c1-23-10-9-17-14(20)11-24-16(22)13-7-8-15(21)19(18-13)12-5-3-2-4-6-12/h2-6H,7-11H2,1H3,(H,17,20). The quantitative estimate of drug-likeness (QED) is 0.578. The lowest BCUT2D eigenvalue weighted by Crippen LogP contribution is -2.36. The Labute approximate surface area is 139 Å². The number of rotatable bonds is 7. The number of hydrogen-bond donors (Lipinski definition) is 1. The van der Waals surface area contributed by atoms with Gasteiger partial charge in [0.05, 0.1) is 12.3 Å². The summed E-state index contributed by atoms with van der Waals surface area (Å²) in [6.07, 6.45) is 0.342. The molecule has 8 heteroatoms. The molecule has 24 heavy (non-hydrogen) atoms. The SMILES string of the molecule is COCCNC(=O)COC(=O)C1=NN(c2ccccc2)C(=O)CC1. The van der Waals surface area contributed by atoms with Gasteiger partial charge in [-0.15, -0.1) is 0 Å². The van der Waals surface area contributed by atoms with Crippen molar-refractivity contribution in [3.63, 3.8) is 0 Å². The van der Waals surface area contributed by atoms with Crippen LogP contribution in [0.5, 0.6) is 0 Å². The average molecular weight is 333 g/mol. The lowest BCUT2D eigenvalue weighted by molar-refractivity contribution is -0.142. The fraction of sp³-hybridized carbons (Fsp3) is 0.375. The van der Waals surface area contributed by atoms with E-state index in [4.69, 9.17) is 9.47 Å². The van der Waals surface area contributed by atoms with Crippen molar-refractivity contribution >= 4 is 29.2 Å². The number of nitrogens with zero attached hydrogens (tertiary/aromatic N) is 2. The molecule has 1 aliphatic heterocycles. The lowest BCUT2D eigenvalue weighted by Gasteiger charge is -2.22. The van der Waals surface area contributed by atoms with E-state index in [9.17, 15) is 14.4 Å². The summed E-state index contributed by atoms with van der Waals surface area (Å²) in [6, 6.07) is 8.81. The molecule has 128 valence electrons. The van der Waals surface area contributed by atoms with Crippen molar-refractivity contribution in [2.45, 2.75) is 12.8 Å². The van der Waals surface area contributed by atoms with Crippen molar-refractivity contribution < 1.29 is 23.9 Å². The number of para-hydroxylation sites is 1. The molecule has 1 aromatic rings. The predicted molar refractivity (Wildman–Crippen MR) is 86.4 cm³/mol. The highest BCUT2D eigenvalue weighted by Gasteiger charge is 2.26. The first-order chi connectivity index (χ1) is 11.6. The van der Waals surface area contributed by atoms with Crippen LogP contribution in [-0.2, 0) is 23.9 Å². The number of carbonyl (C=O) groups is 3. The first-order valence-corrected chi connectivity index (χ1v) is 7.50. The minimum atomic E-state index is -0.703. The topological polar surface area (TPSA) is 97.3 Å². The Hall–Kier alpha value is -2.74. The third-order valence-electron chi connectivity index (χ3n) is 3.23. The predicted octanol–water partition coefficient (Wildman–Crippen LogP) is 0.475. The number of anilines is 1. The van der Waals surface area contributed by atoms with Gasteiger partial charge in [0.25, 0.3) is 5.91 Å². The molecule has 0 saturated heterocycles. The van der Waals surface area contributed by atoms with Crippen LogP contribution < -0.4 is 10.3 Å². The fourth-order valence-electron chi connectivity index (χ4n) is 2.03. The number of esters is 1. The molecule has 2 amide bonds. The zero-order valence-electron chi connectivity index (χ0n) is 13.4. The first-order valence-electron chi connectivity index (χ1n) is 7.50. The molecular formula is C16H19N3O5. The van der Waals surface area contributed by atoms with Crippen molar-refractivity contribution in [1.82, 2.24) is 5.32 Å². The zero-order chi connectivity index (χ0) is 17.4. The molecule has 0 spiro atoms. The second kappa shape index (κ2) is 8.78. The molecule has 0 fully saturated rings. The molecule has 0 bridgehead atoms. The molecular weight excluding hydrogens is 314 g/mol. The van der Waals surface area contributed by atoms with Crippen LogP contribution >= 0.6 is 0 Å². The molecule has 0 aliphatic carbocycles. The van der Waals surface area contributed by atoms with Gasteiger partial charge >= 0.3 is 5.97 Å². The van der Waals surface area contributed by atoms with Gasteiger partial charge in [-0.1, -0.05) is 18.2 Å². The van der Waals surface area contributed by atoms with E-state index in [2.05, 4.69) is 10.4 Å². The molecule has 0 aromatic heterocycles. The monoisotopic (exact) mass is 333 g/mol. The van der Waals surface area contributed by atoms with Gasteiger partial charge < -0.3 is 14.8 Å². The molecule has 1 aromatic carbocycles. The number of ether oxygens (including phenoxy) is 2. The zero-order valence-corrected chi connectivity index (χ0v) is 13.4. The van der Waals surface area contributed by atoms with Crippen molar-refractivity contribution in [1.29, 1.82) is 0 Å². The maximum Gasteiger partial charge on any atom is 0.355 e. The van der Waals surface area contributed by atoms with Gasteiger partial charge in [0, 0.05) is 26.5 Å². The molecule has 1 N–H and O–H groups in total. The molecule has 0 unspecified atom stereocenters. The highest BCUT2D eigenvalue weighted by molar-refractivity contribution is 6.38. The van der Waals surface area contributed by atoms with E-state index in [-0.39, 0.29) is 24.5 Å². The van der Waals surface area contributed by atoms with E-state index < -0.39 is 18.5 Å². The third kappa shape index (κ3) is 4.88. The van der Waals surface area contributed by atoms with Gasteiger partial charge in [-0.25, -0.2) is 9.80 Å². The Balaban J connectivity index is 1.94. The molecule has 1 heterocycles. The summed E-state index contributed by atoms with van der Waals surface area (Å²) in [5.74, 6) is -1.33. The summed E-state index contributed by atoms with van der Waals surface area (Å²) in [7, 11) is 1.52. The van der Waals surface area contributed by atoms with Crippen molar-refractivity contribution in [2.24, 2.45) is 5.10 Å². The Kier molecular flexibility index (Phi) is 6.44. The number of benzene rings is 1. The van der Waals surface area contributed by atoms with Gasteiger partial charge in [-0.2, -0.15) is 5.10 Å². The summed E-state index contributed by atoms with van der Waals surface area (Å²) in [4.78, 5) is 35.5. The Bertz CT molecular complexity index is 630. The van der Waals surface area contributed by atoms with Crippen LogP contribution in [0, 0.1) is 0 Å². The van der Waals surface area contributed by atoms with Crippen molar-refractivity contribution in [2.75, 3.05) is 31.9 Å². The first kappa shape index (κ1) is 17.6. The van der Waals surface area contributed by atoms with Crippen LogP contribution in [0.3, 0.4) is 0 Å². The largest absolute Gasteiger partial charge is 0.451 e. The van der Waals surface area contributed by atoms with E-state index in [1.165, 1.54) is 12.1 Å². The summed E-state index contributed by atoms with van der Waals surface area (Å²) >= 11 is 0. The van der Waals surface area contributed by atoms with Crippen LogP contribution in [-0.4, -0.2) is 50.4 Å². The number of amides is 2. The van der Waals surface area contributed by atoms with E-state index in [1.54, 1.807) is 24.3 Å². The maximum absolute atomic E-state index is 12.0. The Morgan fingerprint density at radius 2 is 2.00 bits per heavy atom. The van der Waals surface area contributed by atoms with Gasteiger partial charge in [-0.05, 0) is 12.1 Å². The Morgan fingerprint density at radius 1 is 1.25 bits per heavy atom. The van der Waals surface area contributed by atoms with E-state index in [0.29, 0.717) is 18.8 Å². The van der Waals surface area contributed by atoms with Crippen LogP contribution in [0.15, 0.2) is 35.4 Å². The number of hydrogen-bond acceptors (Lipinski definition) is 6. The highest BCUT2D eigenvalue weighted by atomic mass is 16.5. The van der Waals surface area contributed by atoms with Crippen molar-refractivity contribution in [3.8, 4) is 0 Å².